The standard InChI is InChI=1S/C18H17BrF2N4O4S/c1-30(27,28)6-2-4-23-18(26)25-10-7-12(20)16(13(21)8-10)29-14-3-5-22-17-15(14)11(19)9-24-17/h3,5,7-9H,2,4,6H2,1H3,(H,22,24)(H2,23,25,26). The molecule has 2 aromatic heterocycles. The van der Waals surface area contributed by atoms with E-state index in [4.69, 9.17) is 4.74 Å². The summed E-state index contributed by atoms with van der Waals surface area (Å²) in [4.78, 5) is 18.8. The summed E-state index contributed by atoms with van der Waals surface area (Å²) < 4.78 is 57.1. The molecule has 2 amide bonds. The second kappa shape index (κ2) is 8.96. The van der Waals surface area contributed by atoms with Crippen molar-refractivity contribution in [3.05, 3.63) is 46.7 Å². The van der Waals surface area contributed by atoms with E-state index in [1.54, 1.807) is 6.20 Å². The Labute approximate surface area is 179 Å². The first-order valence-corrected chi connectivity index (χ1v) is 11.5. The summed E-state index contributed by atoms with van der Waals surface area (Å²) in [6.45, 7) is 0.0919. The molecule has 3 N–H and O–H groups in total. The van der Waals surface area contributed by atoms with E-state index >= 15 is 0 Å². The van der Waals surface area contributed by atoms with Gasteiger partial charge in [0.25, 0.3) is 0 Å². The number of amides is 2. The lowest BCUT2D eigenvalue weighted by Gasteiger charge is -2.12. The Morgan fingerprint density at radius 2 is 2.00 bits per heavy atom. The van der Waals surface area contributed by atoms with Crippen molar-refractivity contribution in [2.75, 3.05) is 23.9 Å². The number of aromatic amines is 1. The fourth-order valence-corrected chi connectivity index (χ4v) is 3.79. The number of halogens is 3. The highest BCUT2D eigenvalue weighted by atomic mass is 79.9. The van der Waals surface area contributed by atoms with Crippen molar-refractivity contribution >= 4 is 48.5 Å². The third-order valence-corrected chi connectivity index (χ3v) is 5.59. The number of fused-ring (bicyclic) bond motifs is 1. The Hall–Kier alpha value is -2.73. The fourth-order valence-electron chi connectivity index (χ4n) is 2.62. The number of hydrogen-bond donors (Lipinski definition) is 3. The lowest BCUT2D eigenvalue weighted by molar-refractivity contribution is 0.252. The Balaban J connectivity index is 1.69. The predicted molar refractivity (Wildman–Crippen MR) is 112 cm³/mol. The van der Waals surface area contributed by atoms with Crippen LogP contribution in [0.3, 0.4) is 0 Å². The topological polar surface area (TPSA) is 113 Å². The van der Waals surface area contributed by atoms with Gasteiger partial charge in [0, 0.05) is 47.5 Å². The zero-order valence-corrected chi connectivity index (χ0v) is 18.0. The van der Waals surface area contributed by atoms with E-state index < -0.39 is 33.3 Å². The van der Waals surface area contributed by atoms with Crippen LogP contribution in [-0.2, 0) is 9.84 Å². The van der Waals surface area contributed by atoms with Crippen LogP contribution in [0.4, 0.5) is 19.3 Å². The van der Waals surface area contributed by atoms with Gasteiger partial charge in [-0.15, -0.1) is 0 Å². The molecule has 12 heteroatoms. The van der Waals surface area contributed by atoms with Gasteiger partial charge in [-0.3, -0.25) is 0 Å². The lowest BCUT2D eigenvalue weighted by atomic mass is 10.2. The SMILES string of the molecule is CS(=O)(=O)CCCNC(=O)Nc1cc(F)c(Oc2ccnc3[nH]cc(Br)c23)c(F)c1. The summed E-state index contributed by atoms with van der Waals surface area (Å²) in [7, 11) is -3.13. The number of urea groups is 1. The number of aromatic nitrogens is 2. The predicted octanol–water partition coefficient (Wildman–Crippen LogP) is 3.95. The maximum atomic E-state index is 14.5. The van der Waals surface area contributed by atoms with Crippen molar-refractivity contribution in [3.63, 3.8) is 0 Å². The first-order valence-electron chi connectivity index (χ1n) is 8.65. The van der Waals surface area contributed by atoms with E-state index in [2.05, 4.69) is 36.5 Å². The molecule has 3 aromatic rings. The Morgan fingerprint density at radius 1 is 1.30 bits per heavy atom. The third kappa shape index (κ3) is 5.45. The largest absolute Gasteiger partial charge is 0.450 e. The number of ether oxygens (including phenoxy) is 1. The van der Waals surface area contributed by atoms with E-state index in [1.807, 2.05) is 0 Å². The molecular formula is C18H17BrF2N4O4S. The van der Waals surface area contributed by atoms with Gasteiger partial charge < -0.3 is 20.4 Å². The molecule has 0 aliphatic rings. The normalized spacial score (nSPS) is 11.5. The summed E-state index contributed by atoms with van der Waals surface area (Å²) in [5.41, 5.74) is 0.353. The van der Waals surface area contributed by atoms with Gasteiger partial charge in [-0.1, -0.05) is 0 Å². The first kappa shape index (κ1) is 22.0. The molecule has 0 aliphatic carbocycles. The van der Waals surface area contributed by atoms with E-state index in [0.29, 0.717) is 15.5 Å². The zero-order valence-electron chi connectivity index (χ0n) is 15.6. The number of nitrogens with one attached hydrogen (secondary N) is 3. The van der Waals surface area contributed by atoms with Crippen LogP contribution in [0.25, 0.3) is 11.0 Å². The number of nitrogens with zero attached hydrogens (tertiary/aromatic N) is 1. The lowest BCUT2D eigenvalue weighted by Crippen LogP contribution is -2.30. The third-order valence-electron chi connectivity index (χ3n) is 3.93. The molecule has 8 nitrogen and oxygen atoms in total. The van der Waals surface area contributed by atoms with Crippen LogP contribution in [0, 0.1) is 11.6 Å². The van der Waals surface area contributed by atoms with Crippen LogP contribution in [-0.4, -0.2) is 43.0 Å². The van der Waals surface area contributed by atoms with Gasteiger partial charge in [-0.2, -0.15) is 0 Å². The molecule has 0 radical (unpaired) electrons. The number of rotatable bonds is 7. The van der Waals surface area contributed by atoms with Crippen LogP contribution in [0.2, 0.25) is 0 Å². The van der Waals surface area contributed by atoms with Crippen molar-refractivity contribution in [3.8, 4) is 11.5 Å². The number of sulfone groups is 1. The number of carbonyl (C=O) groups is 1. The Kier molecular flexibility index (Phi) is 6.56. The van der Waals surface area contributed by atoms with Gasteiger partial charge in [0.05, 0.1) is 11.1 Å². The molecule has 0 fully saturated rings. The highest BCUT2D eigenvalue weighted by Gasteiger charge is 2.18. The molecule has 0 saturated heterocycles. The van der Waals surface area contributed by atoms with Crippen molar-refractivity contribution in [1.29, 1.82) is 0 Å². The van der Waals surface area contributed by atoms with Crippen LogP contribution >= 0.6 is 15.9 Å². The molecule has 1 aromatic carbocycles. The van der Waals surface area contributed by atoms with Gasteiger partial charge in [0.2, 0.25) is 0 Å². The van der Waals surface area contributed by atoms with E-state index in [9.17, 15) is 22.0 Å². The minimum atomic E-state index is -3.13. The molecular weight excluding hydrogens is 486 g/mol. The molecule has 30 heavy (non-hydrogen) atoms. The number of hydrogen-bond acceptors (Lipinski definition) is 5. The van der Waals surface area contributed by atoms with Crippen molar-refractivity contribution in [2.45, 2.75) is 6.42 Å². The van der Waals surface area contributed by atoms with Gasteiger partial charge in [-0.05, 0) is 28.4 Å². The molecule has 0 spiro atoms. The first-order chi connectivity index (χ1) is 14.1. The van der Waals surface area contributed by atoms with Crippen molar-refractivity contribution in [1.82, 2.24) is 15.3 Å². The van der Waals surface area contributed by atoms with Gasteiger partial charge in [0.15, 0.2) is 17.4 Å². The summed E-state index contributed by atoms with van der Waals surface area (Å²) in [6.07, 6.45) is 4.37. The molecule has 0 aliphatic heterocycles. The van der Waals surface area contributed by atoms with Crippen molar-refractivity contribution < 1.29 is 26.7 Å². The molecule has 0 bridgehead atoms. The van der Waals surface area contributed by atoms with Crippen molar-refractivity contribution in [2.24, 2.45) is 0 Å². The van der Waals surface area contributed by atoms with Crippen LogP contribution < -0.4 is 15.4 Å². The Bertz CT molecular complexity index is 1180. The number of H-pyrrole nitrogens is 1. The minimum Gasteiger partial charge on any atom is -0.450 e. The number of anilines is 1. The zero-order chi connectivity index (χ0) is 21.9. The molecule has 0 unspecified atom stereocenters. The summed E-state index contributed by atoms with van der Waals surface area (Å²) in [5, 5.41) is 5.22. The summed E-state index contributed by atoms with van der Waals surface area (Å²) >= 11 is 3.32. The number of carbonyl (C=O) groups excluding carboxylic acids is 1. The Morgan fingerprint density at radius 3 is 2.67 bits per heavy atom. The van der Waals surface area contributed by atoms with Gasteiger partial charge in [-0.25, -0.2) is 27.0 Å². The minimum absolute atomic E-state index is 0.0812. The van der Waals surface area contributed by atoms with E-state index in [0.717, 1.165) is 18.4 Å². The van der Waals surface area contributed by atoms with E-state index in [1.165, 1.54) is 12.3 Å². The number of benzene rings is 1. The second-order valence-corrected chi connectivity index (χ2v) is 9.52. The maximum absolute atomic E-state index is 14.5. The van der Waals surface area contributed by atoms with Crippen LogP contribution in [0.1, 0.15) is 6.42 Å². The fraction of sp³-hybridized carbons (Fsp3) is 0.222. The van der Waals surface area contributed by atoms with E-state index in [-0.39, 0.29) is 30.2 Å². The molecule has 160 valence electrons. The van der Waals surface area contributed by atoms with Crippen LogP contribution in [0.5, 0.6) is 11.5 Å². The second-order valence-electron chi connectivity index (χ2n) is 6.40. The highest BCUT2D eigenvalue weighted by Crippen LogP contribution is 2.36. The summed E-state index contributed by atoms with van der Waals surface area (Å²) in [6, 6.07) is 2.58. The number of pyridine rings is 1. The molecule has 0 saturated carbocycles. The maximum Gasteiger partial charge on any atom is 0.319 e. The summed E-state index contributed by atoms with van der Waals surface area (Å²) in [5.74, 6) is -2.55. The quantitative estimate of drug-likeness (QED) is 0.423. The molecule has 0 atom stereocenters. The van der Waals surface area contributed by atoms with Gasteiger partial charge in [0.1, 0.15) is 21.2 Å². The van der Waals surface area contributed by atoms with Crippen LogP contribution in [0.15, 0.2) is 35.1 Å². The molecule has 3 rings (SSSR count). The average molecular weight is 503 g/mol. The van der Waals surface area contributed by atoms with Gasteiger partial charge >= 0.3 is 6.03 Å². The highest BCUT2D eigenvalue weighted by molar-refractivity contribution is 9.10. The monoisotopic (exact) mass is 502 g/mol. The average Bonchev–Trinajstić information content (AvgIpc) is 3.03. The molecule has 2 heterocycles. The smallest absolute Gasteiger partial charge is 0.319 e.